The minimum absolute atomic E-state index is 0.429. The van der Waals surface area contributed by atoms with Crippen LogP contribution in [0.2, 0.25) is 0 Å². The van der Waals surface area contributed by atoms with Crippen LogP contribution in [0.5, 0.6) is 11.5 Å². The molecule has 0 saturated heterocycles. The molecule has 0 unspecified atom stereocenters. The second-order valence-electron chi connectivity index (χ2n) is 7.99. The van der Waals surface area contributed by atoms with Crippen LogP contribution in [0, 0.1) is 0 Å². The van der Waals surface area contributed by atoms with Crippen LogP contribution in [0.25, 0.3) is 0 Å². The fraction of sp³-hybridized carbons (Fsp3) is 0.560. The molecule has 3 rings (SSSR count). The zero-order valence-electron chi connectivity index (χ0n) is 19.5. The number of aromatic nitrogens is 1. The van der Waals surface area contributed by atoms with E-state index in [0.29, 0.717) is 45.0 Å². The van der Waals surface area contributed by atoms with Gasteiger partial charge in [-0.1, -0.05) is 12.1 Å². The van der Waals surface area contributed by atoms with Gasteiger partial charge in [0.05, 0.1) is 39.2 Å². The first-order chi connectivity index (χ1) is 15.7. The molecule has 1 aromatic carbocycles. The number of nitrogens with zero attached hydrogens (tertiary/aromatic N) is 1. The number of nitrogens with one attached hydrogen (secondary N) is 1. The van der Waals surface area contributed by atoms with Crippen molar-refractivity contribution in [1.29, 1.82) is 0 Å². The summed E-state index contributed by atoms with van der Waals surface area (Å²) in [5.74, 6) is 2.25. The van der Waals surface area contributed by atoms with Gasteiger partial charge in [0.15, 0.2) is 5.75 Å². The summed E-state index contributed by atoms with van der Waals surface area (Å²) in [4.78, 5) is 4.37. The lowest BCUT2D eigenvalue weighted by Crippen LogP contribution is -2.25. The van der Waals surface area contributed by atoms with Gasteiger partial charge >= 0.3 is 0 Å². The van der Waals surface area contributed by atoms with E-state index in [9.17, 15) is 0 Å². The molecule has 2 aromatic rings. The molecular formula is C25H36N2O5. The van der Waals surface area contributed by atoms with Crippen molar-refractivity contribution < 1.29 is 23.7 Å². The molecule has 1 aromatic heterocycles. The second-order valence-corrected chi connectivity index (χ2v) is 7.99. The van der Waals surface area contributed by atoms with E-state index in [4.69, 9.17) is 23.7 Å². The fourth-order valence-electron chi connectivity index (χ4n) is 4.16. The zero-order chi connectivity index (χ0) is 22.6. The number of hydrogen-bond acceptors (Lipinski definition) is 7. The van der Waals surface area contributed by atoms with Crippen LogP contribution in [-0.4, -0.2) is 58.8 Å². The Morgan fingerprint density at radius 2 is 1.62 bits per heavy atom. The third-order valence-electron chi connectivity index (χ3n) is 5.83. The molecule has 0 radical (unpaired) electrons. The summed E-state index contributed by atoms with van der Waals surface area (Å²) in [5, 5.41) is 3.66. The molecule has 1 aliphatic carbocycles. The normalized spacial score (nSPS) is 18.3. The van der Waals surface area contributed by atoms with Crippen LogP contribution in [0.4, 0.5) is 5.69 Å². The average molecular weight is 445 g/mol. The smallest absolute Gasteiger partial charge is 0.165 e. The fourth-order valence-corrected chi connectivity index (χ4v) is 4.16. The molecule has 1 N–H and O–H groups in total. The van der Waals surface area contributed by atoms with Crippen LogP contribution < -0.4 is 14.8 Å². The van der Waals surface area contributed by atoms with E-state index in [0.717, 1.165) is 48.6 Å². The summed E-state index contributed by atoms with van der Waals surface area (Å²) in [6.07, 6.45) is 6.35. The predicted molar refractivity (Wildman–Crippen MR) is 125 cm³/mol. The third kappa shape index (κ3) is 7.08. The molecule has 1 fully saturated rings. The number of rotatable bonds is 13. The molecule has 32 heavy (non-hydrogen) atoms. The summed E-state index contributed by atoms with van der Waals surface area (Å²) in [5.41, 5.74) is 3.19. The number of methoxy groups -OCH3 is 3. The topological polar surface area (TPSA) is 71.1 Å². The van der Waals surface area contributed by atoms with E-state index in [2.05, 4.69) is 34.6 Å². The number of benzene rings is 1. The predicted octanol–water partition coefficient (Wildman–Crippen LogP) is 4.42. The number of ether oxygens (including phenoxy) is 5. The molecule has 0 aliphatic heterocycles. The van der Waals surface area contributed by atoms with E-state index in [1.54, 1.807) is 27.5 Å². The Hall–Kier alpha value is -2.35. The maximum atomic E-state index is 5.76. The molecule has 0 amide bonds. The summed E-state index contributed by atoms with van der Waals surface area (Å²) >= 11 is 0. The van der Waals surface area contributed by atoms with Crippen LogP contribution in [0.15, 0.2) is 36.5 Å². The molecule has 1 aliphatic rings. The largest absolute Gasteiger partial charge is 0.493 e. The van der Waals surface area contributed by atoms with E-state index in [1.807, 2.05) is 6.07 Å². The highest BCUT2D eigenvalue weighted by molar-refractivity contribution is 5.58. The van der Waals surface area contributed by atoms with E-state index >= 15 is 0 Å². The van der Waals surface area contributed by atoms with Crippen LogP contribution >= 0.6 is 0 Å². The highest BCUT2D eigenvalue weighted by atomic mass is 16.5. The van der Waals surface area contributed by atoms with Gasteiger partial charge in [-0.3, -0.25) is 4.98 Å². The minimum Gasteiger partial charge on any atom is -0.493 e. The van der Waals surface area contributed by atoms with Crippen molar-refractivity contribution in [2.24, 2.45) is 0 Å². The lowest BCUT2D eigenvalue weighted by atomic mass is 9.81. The van der Waals surface area contributed by atoms with Gasteiger partial charge in [0.1, 0.15) is 18.1 Å². The Balaban J connectivity index is 1.45. The zero-order valence-corrected chi connectivity index (χ0v) is 19.5. The van der Waals surface area contributed by atoms with E-state index < -0.39 is 0 Å². The second kappa shape index (κ2) is 13.3. The molecule has 176 valence electrons. The maximum absolute atomic E-state index is 5.76. The number of anilines is 1. The first kappa shape index (κ1) is 24.3. The molecule has 7 nitrogen and oxygen atoms in total. The van der Waals surface area contributed by atoms with Gasteiger partial charge in [0.25, 0.3) is 0 Å². The van der Waals surface area contributed by atoms with Crippen molar-refractivity contribution in [3.05, 3.63) is 47.8 Å². The van der Waals surface area contributed by atoms with Crippen molar-refractivity contribution in [2.45, 2.75) is 44.2 Å². The quantitative estimate of drug-likeness (QED) is 0.459. The first-order valence-electron chi connectivity index (χ1n) is 11.3. The van der Waals surface area contributed by atoms with Crippen LogP contribution in [0.1, 0.15) is 42.9 Å². The van der Waals surface area contributed by atoms with Gasteiger partial charge < -0.3 is 29.0 Å². The maximum Gasteiger partial charge on any atom is 0.165 e. The number of pyridine rings is 1. The highest BCUT2D eigenvalue weighted by Crippen LogP contribution is 2.36. The van der Waals surface area contributed by atoms with Crippen LogP contribution in [0.3, 0.4) is 0 Å². The Morgan fingerprint density at radius 3 is 2.31 bits per heavy atom. The summed E-state index contributed by atoms with van der Waals surface area (Å²) in [6.45, 7) is 2.75. The summed E-state index contributed by atoms with van der Waals surface area (Å²) < 4.78 is 27.0. The molecule has 7 heteroatoms. The lowest BCUT2D eigenvalue weighted by molar-refractivity contribution is 0.0544. The van der Waals surface area contributed by atoms with Gasteiger partial charge in [-0.25, -0.2) is 0 Å². The van der Waals surface area contributed by atoms with Crippen LogP contribution in [-0.2, 0) is 20.8 Å². The molecule has 0 spiro atoms. The SMILES string of the molecule is COCCOCCOc1ccc(C2CCC(Nc3ccnc(COC)c3OC)CC2)cc1. The van der Waals surface area contributed by atoms with Gasteiger partial charge in [-0.15, -0.1) is 0 Å². The van der Waals surface area contributed by atoms with E-state index in [-0.39, 0.29) is 0 Å². The van der Waals surface area contributed by atoms with Crippen molar-refractivity contribution in [2.75, 3.05) is 53.1 Å². The van der Waals surface area contributed by atoms with Crippen molar-refractivity contribution in [3.8, 4) is 11.5 Å². The van der Waals surface area contributed by atoms with Gasteiger partial charge in [0, 0.05) is 26.5 Å². The lowest BCUT2D eigenvalue weighted by Gasteiger charge is -2.30. The monoisotopic (exact) mass is 444 g/mol. The standard InChI is InChI=1S/C25H36N2O5/c1-28-14-15-31-16-17-32-22-10-6-20(7-11-22)19-4-8-21(9-5-19)27-23-12-13-26-24(18-29-2)25(23)30-3/h6-7,10-13,19,21H,4-5,8-9,14-18H2,1-3H3,(H,26,27). The third-order valence-corrected chi connectivity index (χ3v) is 5.83. The van der Waals surface area contributed by atoms with E-state index in [1.165, 1.54) is 5.56 Å². The Bertz CT molecular complexity index is 791. The molecule has 0 bridgehead atoms. The molecule has 1 heterocycles. The van der Waals surface area contributed by atoms with Crippen molar-refractivity contribution >= 4 is 5.69 Å². The van der Waals surface area contributed by atoms with Gasteiger partial charge in [-0.2, -0.15) is 0 Å². The van der Waals surface area contributed by atoms with Crippen molar-refractivity contribution in [1.82, 2.24) is 4.98 Å². The molecular weight excluding hydrogens is 408 g/mol. The minimum atomic E-state index is 0.429. The Morgan fingerprint density at radius 1 is 0.875 bits per heavy atom. The highest BCUT2D eigenvalue weighted by Gasteiger charge is 2.23. The number of hydrogen-bond donors (Lipinski definition) is 1. The molecule has 1 saturated carbocycles. The average Bonchev–Trinajstić information content (AvgIpc) is 2.83. The van der Waals surface area contributed by atoms with Gasteiger partial charge in [-0.05, 0) is 55.4 Å². The van der Waals surface area contributed by atoms with Gasteiger partial charge in [0.2, 0.25) is 0 Å². The first-order valence-corrected chi connectivity index (χ1v) is 11.3. The summed E-state index contributed by atoms with van der Waals surface area (Å²) in [7, 11) is 5.02. The molecule has 0 atom stereocenters. The van der Waals surface area contributed by atoms with Crippen molar-refractivity contribution in [3.63, 3.8) is 0 Å². The Kier molecular flexibility index (Phi) is 10.1. The summed E-state index contributed by atoms with van der Waals surface area (Å²) in [6, 6.07) is 10.9. The Labute approximate surface area is 191 Å².